The Morgan fingerprint density at radius 2 is 1.79 bits per heavy atom. The number of amides is 1. The summed E-state index contributed by atoms with van der Waals surface area (Å²) in [5, 5.41) is 6.48. The van der Waals surface area contributed by atoms with E-state index in [1.165, 1.54) is 32.1 Å². The highest BCUT2D eigenvalue weighted by molar-refractivity contribution is 5.80. The van der Waals surface area contributed by atoms with Gasteiger partial charge in [0.1, 0.15) is 0 Å². The van der Waals surface area contributed by atoms with Gasteiger partial charge >= 0.3 is 0 Å². The number of likely N-dealkylation sites (tertiary alicyclic amines) is 1. The van der Waals surface area contributed by atoms with Crippen LogP contribution in [0.15, 0.2) is 4.99 Å². The average molecular weight is 394 g/mol. The molecule has 0 unspecified atom stereocenters. The van der Waals surface area contributed by atoms with E-state index in [0.717, 1.165) is 64.7 Å². The third-order valence-corrected chi connectivity index (χ3v) is 6.92. The molecule has 1 saturated carbocycles. The number of carbonyl (C=O) groups is 1. The fourth-order valence-corrected chi connectivity index (χ4v) is 5.14. The summed E-state index contributed by atoms with van der Waals surface area (Å²) in [6, 6.07) is 0. The molecule has 3 rings (SSSR count). The normalized spacial score (nSPS) is 24.8. The van der Waals surface area contributed by atoms with Crippen molar-refractivity contribution in [2.45, 2.75) is 56.9 Å². The molecule has 0 radical (unpaired) electrons. The zero-order valence-corrected chi connectivity index (χ0v) is 17.8. The van der Waals surface area contributed by atoms with Gasteiger partial charge in [-0.2, -0.15) is 0 Å². The minimum Gasteiger partial charge on any atom is -0.379 e. The number of nitrogens with zero attached hydrogens (tertiary/aromatic N) is 3. The highest BCUT2D eigenvalue weighted by Gasteiger charge is 2.39. The Labute approximate surface area is 170 Å². The predicted octanol–water partition coefficient (Wildman–Crippen LogP) is 1.45. The van der Waals surface area contributed by atoms with Crippen molar-refractivity contribution in [3.05, 3.63) is 0 Å². The van der Waals surface area contributed by atoms with Crippen molar-refractivity contribution in [1.82, 2.24) is 20.4 Å². The molecule has 2 aliphatic heterocycles. The predicted molar refractivity (Wildman–Crippen MR) is 113 cm³/mol. The number of hydrogen-bond donors (Lipinski definition) is 2. The molecule has 3 fully saturated rings. The second-order valence-corrected chi connectivity index (χ2v) is 8.59. The summed E-state index contributed by atoms with van der Waals surface area (Å²) in [6.07, 6.45) is 9.31. The van der Waals surface area contributed by atoms with E-state index in [1.54, 1.807) is 7.05 Å². The van der Waals surface area contributed by atoms with E-state index >= 15 is 0 Å². The molecule has 0 aromatic rings. The van der Waals surface area contributed by atoms with Crippen LogP contribution in [-0.4, -0.2) is 87.2 Å². The Morgan fingerprint density at radius 1 is 1.11 bits per heavy atom. The van der Waals surface area contributed by atoms with Gasteiger partial charge in [-0.25, -0.2) is 0 Å². The first-order valence-electron chi connectivity index (χ1n) is 11.2. The molecule has 3 aliphatic rings. The lowest BCUT2D eigenvalue weighted by molar-refractivity contribution is -0.121. The average Bonchev–Trinajstić information content (AvgIpc) is 2.76. The summed E-state index contributed by atoms with van der Waals surface area (Å²) < 4.78 is 5.60. The van der Waals surface area contributed by atoms with Gasteiger partial charge in [-0.15, -0.1) is 0 Å². The summed E-state index contributed by atoms with van der Waals surface area (Å²) >= 11 is 0. The van der Waals surface area contributed by atoms with E-state index < -0.39 is 0 Å². The van der Waals surface area contributed by atoms with E-state index in [9.17, 15) is 4.79 Å². The van der Waals surface area contributed by atoms with E-state index in [4.69, 9.17) is 4.74 Å². The van der Waals surface area contributed by atoms with Crippen molar-refractivity contribution in [1.29, 1.82) is 0 Å². The molecule has 28 heavy (non-hydrogen) atoms. The van der Waals surface area contributed by atoms with Gasteiger partial charge in [0.05, 0.1) is 13.2 Å². The smallest absolute Gasteiger partial charge is 0.220 e. The summed E-state index contributed by atoms with van der Waals surface area (Å²) in [6.45, 7) is 6.73. The summed E-state index contributed by atoms with van der Waals surface area (Å²) in [5.41, 5.74) is 0.246. The van der Waals surface area contributed by atoms with Crippen molar-refractivity contribution >= 4 is 11.9 Å². The SMILES string of the molecule is CN=C(NCC1(N2CCOCC2)CCCCC1)N1CCC(CC(=O)NC)CC1. The molecule has 7 heteroatoms. The molecule has 0 aromatic heterocycles. The van der Waals surface area contributed by atoms with Crippen LogP contribution in [0.2, 0.25) is 0 Å². The van der Waals surface area contributed by atoms with Crippen LogP contribution in [0.1, 0.15) is 51.4 Å². The number of morpholine rings is 1. The monoisotopic (exact) mass is 393 g/mol. The number of nitrogens with one attached hydrogen (secondary N) is 2. The van der Waals surface area contributed by atoms with Crippen LogP contribution in [0, 0.1) is 5.92 Å². The molecule has 0 atom stereocenters. The number of carbonyl (C=O) groups excluding carboxylic acids is 1. The van der Waals surface area contributed by atoms with E-state index in [1.807, 2.05) is 7.05 Å². The zero-order chi connectivity index (χ0) is 19.8. The first-order chi connectivity index (χ1) is 13.7. The van der Waals surface area contributed by atoms with Gasteiger partial charge in [-0.05, 0) is 31.6 Å². The Bertz CT molecular complexity index is 519. The number of aliphatic imine (C=N–C) groups is 1. The molecular formula is C21H39N5O2. The first-order valence-corrected chi connectivity index (χ1v) is 11.2. The van der Waals surface area contributed by atoms with Crippen LogP contribution in [0.3, 0.4) is 0 Å². The fraction of sp³-hybridized carbons (Fsp3) is 0.905. The number of ether oxygens (including phenoxy) is 1. The standard InChI is InChI=1S/C21H39N5O2/c1-22-19(27)16-18-6-10-25(11-7-18)20(23-2)24-17-21(8-4-3-5-9-21)26-12-14-28-15-13-26/h18H,3-17H2,1-2H3,(H,22,27)(H,23,24). The van der Waals surface area contributed by atoms with E-state index in [0.29, 0.717) is 12.3 Å². The summed E-state index contributed by atoms with van der Waals surface area (Å²) in [5.74, 6) is 1.68. The Kier molecular flexibility index (Phi) is 7.97. The molecular weight excluding hydrogens is 354 g/mol. The number of guanidine groups is 1. The molecule has 0 bridgehead atoms. The topological polar surface area (TPSA) is 69.2 Å². The highest BCUT2D eigenvalue weighted by atomic mass is 16.5. The second kappa shape index (κ2) is 10.4. The van der Waals surface area contributed by atoms with Crippen LogP contribution in [0.5, 0.6) is 0 Å². The Balaban J connectivity index is 1.54. The lowest BCUT2D eigenvalue weighted by Gasteiger charge is -2.48. The highest BCUT2D eigenvalue weighted by Crippen LogP contribution is 2.34. The maximum absolute atomic E-state index is 11.6. The van der Waals surface area contributed by atoms with Crippen LogP contribution in [-0.2, 0) is 9.53 Å². The van der Waals surface area contributed by atoms with Crippen LogP contribution in [0.25, 0.3) is 0 Å². The van der Waals surface area contributed by atoms with Gasteiger partial charge in [-0.3, -0.25) is 14.7 Å². The quantitative estimate of drug-likeness (QED) is 0.547. The molecule has 160 valence electrons. The van der Waals surface area contributed by atoms with E-state index in [2.05, 4.69) is 25.4 Å². The van der Waals surface area contributed by atoms with Crippen LogP contribution >= 0.6 is 0 Å². The van der Waals surface area contributed by atoms with Gasteiger partial charge in [0, 0.05) is 58.8 Å². The fourth-order valence-electron chi connectivity index (χ4n) is 5.14. The van der Waals surface area contributed by atoms with Gasteiger partial charge in [0.2, 0.25) is 5.91 Å². The zero-order valence-electron chi connectivity index (χ0n) is 17.8. The van der Waals surface area contributed by atoms with Crippen LogP contribution < -0.4 is 10.6 Å². The molecule has 0 spiro atoms. The summed E-state index contributed by atoms with van der Waals surface area (Å²) in [4.78, 5) is 21.3. The number of hydrogen-bond acceptors (Lipinski definition) is 4. The molecule has 2 N–H and O–H groups in total. The van der Waals surface area contributed by atoms with Crippen molar-refractivity contribution in [2.24, 2.45) is 10.9 Å². The lowest BCUT2D eigenvalue weighted by Crippen LogP contribution is -2.61. The molecule has 1 aliphatic carbocycles. The number of piperidine rings is 1. The molecule has 0 aromatic carbocycles. The molecule has 2 saturated heterocycles. The van der Waals surface area contributed by atoms with Crippen molar-refractivity contribution < 1.29 is 9.53 Å². The van der Waals surface area contributed by atoms with Gasteiger partial charge in [-0.1, -0.05) is 19.3 Å². The van der Waals surface area contributed by atoms with Crippen LogP contribution in [0.4, 0.5) is 0 Å². The molecule has 7 nitrogen and oxygen atoms in total. The second-order valence-electron chi connectivity index (χ2n) is 8.59. The Hall–Kier alpha value is -1.34. The van der Waals surface area contributed by atoms with Gasteiger partial charge < -0.3 is 20.3 Å². The third kappa shape index (κ3) is 5.38. The largest absolute Gasteiger partial charge is 0.379 e. The van der Waals surface area contributed by atoms with Crippen molar-refractivity contribution in [2.75, 3.05) is 60.0 Å². The minimum absolute atomic E-state index is 0.158. The van der Waals surface area contributed by atoms with E-state index in [-0.39, 0.29) is 11.4 Å². The molecule has 1 amide bonds. The maximum Gasteiger partial charge on any atom is 0.220 e. The van der Waals surface area contributed by atoms with Crippen molar-refractivity contribution in [3.8, 4) is 0 Å². The molecule has 2 heterocycles. The van der Waals surface area contributed by atoms with Crippen molar-refractivity contribution in [3.63, 3.8) is 0 Å². The maximum atomic E-state index is 11.6. The Morgan fingerprint density at radius 3 is 2.39 bits per heavy atom. The summed E-state index contributed by atoms with van der Waals surface area (Å²) in [7, 11) is 3.61. The minimum atomic E-state index is 0.158. The third-order valence-electron chi connectivity index (χ3n) is 6.92. The van der Waals surface area contributed by atoms with Gasteiger partial charge in [0.25, 0.3) is 0 Å². The lowest BCUT2D eigenvalue weighted by atomic mass is 9.79. The number of rotatable bonds is 5. The first kappa shape index (κ1) is 21.4. The van der Waals surface area contributed by atoms with Gasteiger partial charge in [0.15, 0.2) is 5.96 Å².